The maximum absolute atomic E-state index is 13.0. The van der Waals surface area contributed by atoms with Crippen LogP contribution in [0.2, 0.25) is 0 Å². The summed E-state index contributed by atoms with van der Waals surface area (Å²) in [5.41, 5.74) is 4.05. The summed E-state index contributed by atoms with van der Waals surface area (Å²) in [4.78, 5) is 20.0. The molecule has 26 heavy (non-hydrogen) atoms. The van der Waals surface area contributed by atoms with Crippen molar-refractivity contribution in [3.05, 3.63) is 47.7 Å². The topological polar surface area (TPSA) is 75.6 Å². The van der Waals surface area contributed by atoms with Gasteiger partial charge in [-0.3, -0.25) is 9.48 Å². The van der Waals surface area contributed by atoms with E-state index in [1.807, 2.05) is 27.8 Å². The average molecular weight is 373 g/mol. The van der Waals surface area contributed by atoms with E-state index in [-0.39, 0.29) is 17.0 Å². The Morgan fingerprint density at radius 2 is 2.00 bits per heavy atom. The number of aromatic nitrogens is 4. The van der Waals surface area contributed by atoms with Crippen molar-refractivity contribution < 1.29 is 9.18 Å². The quantitative estimate of drug-likeness (QED) is 0.669. The highest BCUT2D eigenvalue weighted by Crippen LogP contribution is 2.26. The summed E-state index contributed by atoms with van der Waals surface area (Å²) in [6, 6.07) is 6.16. The number of hydrogen-bond donors (Lipinski definition) is 2. The summed E-state index contributed by atoms with van der Waals surface area (Å²) >= 11 is 1.33. The third kappa shape index (κ3) is 3.80. The Morgan fingerprint density at radius 1 is 1.31 bits per heavy atom. The van der Waals surface area contributed by atoms with E-state index in [0.717, 1.165) is 28.3 Å². The minimum absolute atomic E-state index is 0.117. The normalized spacial score (nSPS) is 12.2. The van der Waals surface area contributed by atoms with Gasteiger partial charge in [0.1, 0.15) is 5.82 Å². The number of aromatic amines is 1. The van der Waals surface area contributed by atoms with Crippen molar-refractivity contribution in [2.45, 2.75) is 31.2 Å². The first-order valence-corrected chi connectivity index (χ1v) is 9.01. The average Bonchev–Trinajstić information content (AvgIpc) is 3.15. The van der Waals surface area contributed by atoms with E-state index in [0.29, 0.717) is 5.16 Å². The van der Waals surface area contributed by atoms with Crippen LogP contribution >= 0.6 is 11.8 Å². The van der Waals surface area contributed by atoms with Gasteiger partial charge in [-0.2, -0.15) is 5.10 Å². The number of anilines is 1. The van der Waals surface area contributed by atoms with Crippen LogP contribution < -0.4 is 5.32 Å². The van der Waals surface area contributed by atoms with Crippen LogP contribution in [0.25, 0.3) is 11.3 Å². The molecule has 0 radical (unpaired) electrons. The number of carbonyl (C=O) groups excluding carboxylic acids is 1. The molecule has 0 aliphatic rings. The van der Waals surface area contributed by atoms with E-state index in [9.17, 15) is 9.18 Å². The molecule has 3 aromatic rings. The number of H-pyrrole nitrogens is 1. The Balaban J connectivity index is 1.67. The molecule has 2 aromatic heterocycles. The molecular weight excluding hydrogens is 353 g/mol. The fraction of sp³-hybridized carbons (Fsp3) is 0.278. The summed E-state index contributed by atoms with van der Waals surface area (Å²) in [6.07, 6.45) is 1.68. The van der Waals surface area contributed by atoms with Gasteiger partial charge in [0.25, 0.3) is 0 Å². The van der Waals surface area contributed by atoms with Crippen LogP contribution in [0.15, 0.2) is 35.6 Å². The van der Waals surface area contributed by atoms with Crippen LogP contribution in [0.4, 0.5) is 10.1 Å². The third-order valence-electron chi connectivity index (χ3n) is 4.12. The lowest BCUT2D eigenvalue weighted by Crippen LogP contribution is -2.23. The second-order valence-corrected chi connectivity index (χ2v) is 7.36. The first-order chi connectivity index (χ1) is 12.3. The summed E-state index contributed by atoms with van der Waals surface area (Å²) in [6.45, 7) is 5.60. The minimum Gasteiger partial charge on any atom is -0.333 e. The van der Waals surface area contributed by atoms with E-state index in [2.05, 4.69) is 20.4 Å². The maximum Gasteiger partial charge on any atom is 0.237 e. The number of rotatable bonds is 5. The molecule has 0 bridgehead atoms. The standard InChI is InChI=1S/C18H20FN5OS/c1-10-16(11(2)24(4)23-10)22-17(25)12(3)26-18-20-9-15(21-18)13-5-7-14(19)8-6-13/h5-9,12H,1-4H3,(H,20,21)(H,22,25). The molecule has 0 spiro atoms. The maximum atomic E-state index is 13.0. The minimum atomic E-state index is -0.346. The zero-order valence-electron chi connectivity index (χ0n) is 15.0. The van der Waals surface area contributed by atoms with E-state index in [1.165, 1.54) is 23.9 Å². The Morgan fingerprint density at radius 3 is 2.62 bits per heavy atom. The molecule has 0 fully saturated rings. The monoisotopic (exact) mass is 373 g/mol. The number of thioether (sulfide) groups is 1. The van der Waals surface area contributed by atoms with Crippen molar-refractivity contribution in [1.82, 2.24) is 19.7 Å². The molecule has 2 N–H and O–H groups in total. The van der Waals surface area contributed by atoms with Gasteiger partial charge in [-0.05, 0) is 50.6 Å². The van der Waals surface area contributed by atoms with E-state index >= 15 is 0 Å². The van der Waals surface area contributed by atoms with Crippen LogP contribution in [0.3, 0.4) is 0 Å². The number of benzene rings is 1. The van der Waals surface area contributed by atoms with Crippen LogP contribution in [0, 0.1) is 19.7 Å². The highest BCUT2D eigenvalue weighted by Gasteiger charge is 2.19. The zero-order chi connectivity index (χ0) is 18.8. The summed E-state index contributed by atoms with van der Waals surface area (Å²) in [7, 11) is 1.84. The lowest BCUT2D eigenvalue weighted by Gasteiger charge is -2.11. The van der Waals surface area contributed by atoms with Gasteiger partial charge in [0.2, 0.25) is 5.91 Å². The number of hydrogen-bond acceptors (Lipinski definition) is 4. The first-order valence-electron chi connectivity index (χ1n) is 8.14. The van der Waals surface area contributed by atoms with Gasteiger partial charge < -0.3 is 10.3 Å². The molecule has 0 aliphatic carbocycles. The van der Waals surface area contributed by atoms with Gasteiger partial charge in [0.15, 0.2) is 5.16 Å². The molecule has 1 aromatic carbocycles. The van der Waals surface area contributed by atoms with Crippen LogP contribution in [-0.4, -0.2) is 30.9 Å². The lowest BCUT2D eigenvalue weighted by molar-refractivity contribution is -0.115. The molecule has 136 valence electrons. The number of nitrogens with zero attached hydrogens (tertiary/aromatic N) is 3. The Kier molecular flexibility index (Phi) is 5.13. The largest absolute Gasteiger partial charge is 0.333 e. The van der Waals surface area contributed by atoms with Crippen LogP contribution in [0.5, 0.6) is 0 Å². The molecule has 8 heteroatoms. The number of nitrogens with one attached hydrogen (secondary N) is 2. The Hall–Kier alpha value is -2.61. The summed E-state index contributed by atoms with van der Waals surface area (Å²) < 4.78 is 14.8. The molecule has 2 heterocycles. The Labute approximate surface area is 155 Å². The number of carbonyl (C=O) groups is 1. The van der Waals surface area contributed by atoms with Gasteiger partial charge in [-0.15, -0.1) is 0 Å². The van der Waals surface area contributed by atoms with E-state index < -0.39 is 0 Å². The number of aryl methyl sites for hydroxylation is 2. The smallest absolute Gasteiger partial charge is 0.237 e. The molecule has 0 saturated carbocycles. The van der Waals surface area contributed by atoms with Gasteiger partial charge in [0.05, 0.1) is 34.2 Å². The van der Waals surface area contributed by atoms with Crippen molar-refractivity contribution in [3.63, 3.8) is 0 Å². The van der Waals surface area contributed by atoms with Crippen molar-refractivity contribution in [3.8, 4) is 11.3 Å². The predicted molar refractivity (Wildman–Crippen MR) is 101 cm³/mol. The molecule has 6 nitrogen and oxygen atoms in total. The van der Waals surface area contributed by atoms with Gasteiger partial charge in [-0.1, -0.05) is 11.8 Å². The summed E-state index contributed by atoms with van der Waals surface area (Å²) in [5, 5.41) is 7.52. The third-order valence-corrected chi connectivity index (χ3v) is 5.12. The second kappa shape index (κ2) is 7.33. The number of imidazole rings is 1. The SMILES string of the molecule is Cc1nn(C)c(C)c1NC(=O)C(C)Sc1ncc(-c2ccc(F)cc2)[nH]1. The second-order valence-electron chi connectivity index (χ2n) is 6.03. The number of halogens is 1. The molecular formula is C18H20FN5OS. The van der Waals surface area contributed by atoms with Crippen molar-refractivity contribution in [2.75, 3.05) is 5.32 Å². The van der Waals surface area contributed by atoms with Crippen molar-refractivity contribution >= 4 is 23.4 Å². The first kappa shape index (κ1) is 18.2. The van der Waals surface area contributed by atoms with Crippen molar-refractivity contribution in [1.29, 1.82) is 0 Å². The predicted octanol–water partition coefficient (Wildman–Crippen LogP) is 3.69. The molecule has 1 unspecified atom stereocenters. The zero-order valence-corrected chi connectivity index (χ0v) is 15.8. The van der Waals surface area contributed by atoms with Gasteiger partial charge >= 0.3 is 0 Å². The van der Waals surface area contributed by atoms with Crippen molar-refractivity contribution in [2.24, 2.45) is 7.05 Å². The highest BCUT2D eigenvalue weighted by atomic mass is 32.2. The van der Waals surface area contributed by atoms with E-state index in [4.69, 9.17) is 0 Å². The van der Waals surface area contributed by atoms with E-state index in [1.54, 1.807) is 23.0 Å². The van der Waals surface area contributed by atoms with Gasteiger partial charge in [0, 0.05) is 7.05 Å². The fourth-order valence-corrected chi connectivity index (χ4v) is 3.32. The molecule has 0 saturated heterocycles. The van der Waals surface area contributed by atoms with Crippen LogP contribution in [-0.2, 0) is 11.8 Å². The lowest BCUT2D eigenvalue weighted by atomic mass is 10.2. The highest BCUT2D eigenvalue weighted by molar-refractivity contribution is 8.00. The molecule has 1 amide bonds. The van der Waals surface area contributed by atoms with Gasteiger partial charge in [-0.25, -0.2) is 9.37 Å². The fourth-order valence-electron chi connectivity index (χ4n) is 2.54. The van der Waals surface area contributed by atoms with Crippen LogP contribution in [0.1, 0.15) is 18.3 Å². The molecule has 3 rings (SSSR count). The molecule has 1 atom stereocenters. The Bertz CT molecular complexity index is 932. The number of amides is 1. The summed E-state index contributed by atoms with van der Waals surface area (Å²) in [5.74, 6) is -0.400. The molecule has 0 aliphatic heterocycles.